The van der Waals surface area contributed by atoms with Crippen LogP contribution in [0.25, 0.3) is 0 Å². The van der Waals surface area contributed by atoms with Crippen molar-refractivity contribution < 1.29 is 14.4 Å². The molecule has 15 heavy (non-hydrogen) atoms. The number of carbonyl (C=O) groups excluding carboxylic acids is 3. The van der Waals surface area contributed by atoms with Gasteiger partial charge in [0.25, 0.3) is 5.91 Å². The quantitative estimate of drug-likeness (QED) is 0.868. The van der Waals surface area contributed by atoms with Crippen LogP contribution in [-0.4, -0.2) is 22.7 Å². The molecule has 1 heterocycles. The molecule has 1 aromatic rings. The highest BCUT2D eigenvalue weighted by Gasteiger charge is 2.11. The highest BCUT2D eigenvalue weighted by atomic mass is 32.2. The lowest BCUT2D eigenvalue weighted by atomic mass is 10.4. The van der Waals surface area contributed by atoms with Crippen molar-refractivity contribution in [1.29, 1.82) is 0 Å². The first-order valence-corrected chi connectivity index (χ1v) is 5.97. The van der Waals surface area contributed by atoms with Crippen molar-refractivity contribution in [3.8, 4) is 0 Å². The Morgan fingerprint density at radius 2 is 2.20 bits per heavy atom. The Kier molecular flexibility index (Phi) is 4.51. The van der Waals surface area contributed by atoms with Gasteiger partial charge in [-0.2, -0.15) is 0 Å². The molecule has 1 aromatic heterocycles. The molecule has 0 saturated carbocycles. The van der Waals surface area contributed by atoms with E-state index < -0.39 is 11.8 Å². The molecule has 0 aliphatic carbocycles. The lowest BCUT2D eigenvalue weighted by Gasteiger charge is -2.00. The van der Waals surface area contributed by atoms with Gasteiger partial charge >= 0.3 is 0 Å². The van der Waals surface area contributed by atoms with E-state index in [1.165, 1.54) is 18.3 Å². The van der Waals surface area contributed by atoms with Crippen LogP contribution in [0.15, 0.2) is 17.5 Å². The van der Waals surface area contributed by atoms with Crippen molar-refractivity contribution in [1.82, 2.24) is 5.32 Å². The Hall–Kier alpha value is -1.14. The summed E-state index contributed by atoms with van der Waals surface area (Å²) >= 11 is 2.14. The number of imide groups is 1. The van der Waals surface area contributed by atoms with Crippen LogP contribution in [0, 0.1) is 0 Å². The number of nitrogens with one attached hydrogen (secondary N) is 1. The topological polar surface area (TPSA) is 63.2 Å². The number of amides is 2. The van der Waals surface area contributed by atoms with Crippen molar-refractivity contribution in [2.24, 2.45) is 0 Å². The van der Waals surface area contributed by atoms with Gasteiger partial charge in [-0.05, 0) is 11.4 Å². The average molecular weight is 243 g/mol. The standard InChI is InChI=1S/C9H9NO3S2/c1-6(11)15-5-8(12)10-9(13)7-3-2-4-14-7/h2-4H,5H2,1H3,(H,10,12,13). The van der Waals surface area contributed by atoms with Gasteiger partial charge < -0.3 is 0 Å². The third-order valence-electron chi connectivity index (χ3n) is 1.40. The SMILES string of the molecule is CC(=O)SCC(=O)NC(=O)c1cccs1. The maximum Gasteiger partial charge on any atom is 0.267 e. The summed E-state index contributed by atoms with van der Waals surface area (Å²) in [7, 11) is 0. The summed E-state index contributed by atoms with van der Waals surface area (Å²) in [5.41, 5.74) is 0. The first-order valence-electron chi connectivity index (χ1n) is 4.10. The number of hydrogen-bond acceptors (Lipinski definition) is 5. The van der Waals surface area contributed by atoms with E-state index in [-0.39, 0.29) is 10.9 Å². The smallest absolute Gasteiger partial charge is 0.267 e. The van der Waals surface area contributed by atoms with Crippen molar-refractivity contribution in [2.45, 2.75) is 6.92 Å². The van der Waals surface area contributed by atoms with Gasteiger partial charge in [0.1, 0.15) is 0 Å². The fourth-order valence-corrected chi connectivity index (χ4v) is 1.82. The van der Waals surface area contributed by atoms with E-state index in [9.17, 15) is 14.4 Å². The summed E-state index contributed by atoms with van der Waals surface area (Å²) in [4.78, 5) is 33.5. The molecule has 0 atom stereocenters. The molecule has 1 N–H and O–H groups in total. The van der Waals surface area contributed by atoms with Gasteiger partial charge in [0, 0.05) is 6.92 Å². The first-order chi connectivity index (χ1) is 7.09. The molecule has 0 aliphatic rings. The van der Waals surface area contributed by atoms with Crippen LogP contribution in [0.1, 0.15) is 16.6 Å². The molecule has 2 amide bonds. The maximum absolute atomic E-state index is 11.3. The van der Waals surface area contributed by atoms with Gasteiger partial charge in [0.05, 0.1) is 10.6 Å². The summed E-state index contributed by atoms with van der Waals surface area (Å²) in [6.45, 7) is 1.37. The number of thiophene rings is 1. The van der Waals surface area contributed by atoms with Crippen LogP contribution in [-0.2, 0) is 9.59 Å². The predicted octanol–water partition coefficient (Wildman–Crippen LogP) is 1.28. The number of thioether (sulfide) groups is 1. The Labute approximate surface area is 95.1 Å². The molecule has 0 aromatic carbocycles. The molecule has 80 valence electrons. The molecule has 0 unspecified atom stereocenters. The summed E-state index contributed by atoms with van der Waals surface area (Å²) < 4.78 is 0. The number of carbonyl (C=O) groups is 3. The Morgan fingerprint density at radius 3 is 2.73 bits per heavy atom. The van der Waals surface area contributed by atoms with E-state index in [4.69, 9.17) is 0 Å². The van der Waals surface area contributed by atoms with E-state index in [0.717, 1.165) is 11.8 Å². The monoisotopic (exact) mass is 243 g/mol. The third kappa shape index (κ3) is 4.26. The van der Waals surface area contributed by atoms with Crippen LogP contribution in [0.2, 0.25) is 0 Å². The van der Waals surface area contributed by atoms with Crippen LogP contribution in [0.3, 0.4) is 0 Å². The summed E-state index contributed by atoms with van der Waals surface area (Å²) in [5.74, 6) is -0.889. The fourth-order valence-electron chi connectivity index (χ4n) is 0.799. The number of hydrogen-bond donors (Lipinski definition) is 1. The van der Waals surface area contributed by atoms with Gasteiger partial charge in [-0.25, -0.2) is 0 Å². The minimum atomic E-state index is -0.450. The zero-order valence-corrected chi connectivity index (χ0v) is 9.61. The zero-order valence-electron chi connectivity index (χ0n) is 7.98. The van der Waals surface area contributed by atoms with Gasteiger partial charge in [-0.15, -0.1) is 11.3 Å². The van der Waals surface area contributed by atoms with Crippen molar-refractivity contribution in [3.63, 3.8) is 0 Å². The molecular formula is C9H9NO3S2. The van der Waals surface area contributed by atoms with Crippen LogP contribution >= 0.6 is 23.1 Å². The highest BCUT2D eigenvalue weighted by Crippen LogP contribution is 2.08. The zero-order chi connectivity index (χ0) is 11.3. The second-order valence-electron chi connectivity index (χ2n) is 2.63. The van der Waals surface area contributed by atoms with E-state index in [2.05, 4.69) is 5.32 Å². The Bertz CT molecular complexity index is 373. The van der Waals surface area contributed by atoms with E-state index in [0.29, 0.717) is 4.88 Å². The lowest BCUT2D eigenvalue weighted by Crippen LogP contribution is -2.31. The maximum atomic E-state index is 11.3. The highest BCUT2D eigenvalue weighted by molar-refractivity contribution is 8.14. The number of rotatable bonds is 3. The predicted molar refractivity (Wildman–Crippen MR) is 59.9 cm³/mol. The summed E-state index contributed by atoms with van der Waals surface area (Å²) in [6.07, 6.45) is 0. The first kappa shape index (κ1) is 11.9. The molecular weight excluding hydrogens is 234 g/mol. The largest absolute Gasteiger partial charge is 0.291 e. The summed E-state index contributed by atoms with van der Waals surface area (Å²) in [5, 5.41) is 3.81. The second kappa shape index (κ2) is 5.67. The van der Waals surface area contributed by atoms with Crippen LogP contribution < -0.4 is 5.32 Å². The average Bonchev–Trinajstić information content (AvgIpc) is 2.67. The molecule has 0 radical (unpaired) electrons. The molecule has 0 saturated heterocycles. The molecule has 0 aliphatic heterocycles. The minimum Gasteiger partial charge on any atom is -0.291 e. The fraction of sp³-hybridized carbons (Fsp3) is 0.222. The third-order valence-corrected chi connectivity index (χ3v) is 3.09. The molecule has 1 rings (SSSR count). The molecule has 0 spiro atoms. The van der Waals surface area contributed by atoms with E-state index in [1.54, 1.807) is 17.5 Å². The minimum absolute atomic E-state index is 0.0214. The van der Waals surface area contributed by atoms with Crippen LogP contribution in [0.4, 0.5) is 0 Å². The second-order valence-corrected chi connectivity index (χ2v) is 4.73. The van der Waals surface area contributed by atoms with E-state index in [1.807, 2.05) is 0 Å². The van der Waals surface area contributed by atoms with E-state index >= 15 is 0 Å². The van der Waals surface area contributed by atoms with Crippen molar-refractivity contribution in [3.05, 3.63) is 22.4 Å². The normalized spacial score (nSPS) is 9.67. The van der Waals surface area contributed by atoms with Gasteiger partial charge in [0.2, 0.25) is 5.91 Å². The van der Waals surface area contributed by atoms with Gasteiger partial charge in [-0.1, -0.05) is 17.8 Å². The molecule has 4 nitrogen and oxygen atoms in total. The van der Waals surface area contributed by atoms with Gasteiger partial charge in [-0.3, -0.25) is 19.7 Å². The Morgan fingerprint density at radius 1 is 1.47 bits per heavy atom. The molecule has 0 fully saturated rings. The molecule has 0 bridgehead atoms. The van der Waals surface area contributed by atoms with Crippen LogP contribution in [0.5, 0.6) is 0 Å². The molecule has 6 heteroatoms. The summed E-state index contributed by atoms with van der Waals surface area (Å²) in [6, 6.07) is 3.36. The lowest BCUT2D eigenvalue weighted by molar-refractivity contribution is -0.118. The van der Waals surface area contributed by atoms with Crippen molar-refractivity contribution in [2.75, 3.05) is 5.75 Å². The Balaban J connectivity index is 2.39. The van der Waals surface area contributed by atoms with Crippen molar-refractivity contribution >= 4 is 40.0 Å². The van der Waals surface area contributed by atoms with Gasteiger partial charge in [0.15, 0.2) is 5.12 Å².